The maximum atomic E-state index is 12.6. The molecule has 1 aromatic heterocycles. The molecule has 36 heavy (non-hydrogen) atoms. The summed E-state index contributed by atoms with van der Waals surface area (Å²) in [6.45, 7) is 8.30. The van der Waals surface area contributed by atoms with Gasteiger partial charge in [0.1, 0.15) is 12.4 Å². The van der Waals surface area contributed by atoms with Gasteiger partial charge in [-0.15, -0.1) is 16.8 Å². The molecule has 0 radical (unpaired) electrons. The van der Waals surface area contributed by atoms with Crippen LogP contribution >= 0.6 is 11.8 Å². The van der Waals surface area contributed by atoms with Crippen molar-refractivity contribution in [2.75, 3.05) is 25.2 Å². The molecule has 0 aliphatic rings. The van der Waals surface area contributed by atoms with Crippen LogP contribution in [-0.2, 0) is 34.4 Å². The lowest BCUT2D eigenvalue weighted by atomic mass is 10.2. The quantitative estimate of drug-likeness (QED) is 0.280. The number of thioether (sulfide) groups is 1. The summed E-state index contributed by atoms with van der Waals surface area (Å²) in [5, 5.41) is 11.8. The summed E-state index contributed by atoms with van der Waals surface area (Å²) in [5.41, 5.74) is 2.24. The second-order valence-electron chi connectivity index (χ2n) is 8.19. The highest BCUT2D eigenvalue weighted by molar-refractivity contribution is 7.99. The third-order valence-electron chi connectivity index (χ3n) is 5.37. The number of carbonyl (C=O) groups is 1. The molecule has 0 aliphatic heterocycles. The number of ether oxygens (including phenoxy) is 1. The van der Waals surface area contributed by atoms with Gasteiger partial charge >= 0.3 is 0 Å². The van der Waals surface area contributed by atoms with Gasteiger partial charge < -0.3 is 10.1 Å². The van der Waals surface area contributed by atoms with E-state index < -0.39 is 10.0 Å². The topological polar surface area (TPSA) is 106 Å². The number of hydrogen-bond acceptors (Lipinski definition) is 7. The molecule has 0 aliphatic carbocycles. The zero-order valence-corrected chi connectivity index (χ0v) is 22.5. The molecule has 0 atom stereocenters. The molecular formula is C25H31N5O4S2. The van der Waals surface area contributed by atoms with E-state index in [1.807, 2.05) is 28.8 Å². The lowest BCUT2D eigenvalue weighted by Gasteiger charge is -2.15. The van der Waals surface area contributed by atoms with E-state index in [1.165, 1.54) is 37.5 Å². The fraction of sp³-hybridized carbons (Fsp3) is 0.320. The first-order valence-corrected chi connectivity index (χ1v) is 13.8. The zero-order valence-electron chi connectivity index (χ0n) is 20.9. The average molecular weight is 530 g/mol. The molecule has 1 heterocycles. The van der Waals surface area contributed by atoms with Crippen LogP contribution in [-0.4, -0.2) is 53.2 Å². The Bertz CT molecular complexity index is 1320. The van der Waals surface area contributed by atoms with Crippen molar-refractivity contribution in [2.24, 2.45) is 0 Å². The van der Waals surface area contributed by atoms with Crippen LogP contribution in [0.5, 0.6) is 5.75 Å². The molecule has 0 saturated heterocycles. The van der Waals surface area contributed by atoms with Gasteiger partial charge in [0.05, 0.1) is 10.6 Å². The molecule has 3 rings (SSSR count). The number of aromatic nitrogens is 3. The van der Waals surface area contributed by atoms with Gasteiger partial charge in [-0.2, -0.15) is 0 Å². The number of aryl methyl sites for hydroxylation is 2. The van der Waals surface area contributed by atoms with Crippen molar-refractivity contribution >= 4 is 33.4 Å². The zero-order chi connectivity index (χ0) is 26.3. The minimum atomic E-state index is -3.63. The SMILES string of the molecule is C=CCn1c(COc2ccc(CC)cc2)nnc1SCC(=O)Nc1ccc(C)c(S(=O)(=O)N(C)C)c1. The molecule has 0 bridgehead atoms. The predicted octanol–water partition coefficient (Wildman–Crippen LogP) is 3.90. The number of allylic oxidation sites excluding steroid dienone is 1. The minimum absolute atomic E-state index is 0.0677. The number of hydrogen-bond donors (Lipinski definition) is 1. The third kappa shape index (κ3) is 6.74. The van der Waals surface area contributed by atoms with E-state index in [9.17, 15) is 13.2 Å². The highest BCUT2D eigenvalue weighted by Gasteiger charge is 2.21. The van der Waals surface area contributed by atoms with Gasteiger partial charge in [-0.1, -0.05) is 43.0 Å². The van der Waals surface area contributed by atoms with E-state index >= 15 is 0 Å². The second kappa shape index (κ2) is 12.2. The van der Waals surface area contributed by atoms with E-state index in [0.717, 1.165) is 16.5 Å². The van der Waals surface area contributed by atoms with Crippen molar-refractivity contribution in [3.63, 3.8) is 0 Å². The van der Waals surface area contributed by atoms with Gasteiger partial charge in [0.15, 0.2) is 11.0 Å². The van der Waals surface area contributed by atoms with Crippen LogP contribution in [0, 0.1) is 6.92 Å². The summed E-state index contributed by atoms with van der Waals surface area (Å²) >= 11 is 1.23. The average Bonchev–Trinajstić information content (AvgIpc) is 3.24. The first-order chi connectivity index (χ1) is 17.1. The van der Waals surface area contributed by atoms with Crippen molar-refractivity contribution in [1.82, 2.24) is 19.1 Å². The summed E-state index contributed by atoms with van der Waals surface area (Å²) < 4.78 is 33.9. The number of carbonyl (C=O) groups excluding carboxylic acids is 1. The van der Waals surface area contributed by atoms with Crippen LogP contribution < -0.4 is 10.1 Å². The Morgan fingerprint density at radius 3 is 2.56 bits per heavy atom. The smallest absolute Gasteiger partial charge is 0.242 e. The van der Waals surface area contributed by atoms with Crippen molar-refractivity contribution in [3.8, 4) is 5.75 Å². The third-order valence-corrected chi connectivity index (χ3v) is 8.29. The maximum Gasteiger partial charge on any atom is 0.242 e. The number of rotatable bonds is 12. The van der Waals surface area contributed by atoms with E-state index in [1.54, 1.807) is 25.1 Å². The number of nitrogens with zero attached hydrogens (tertiary/aromatic N) is 4. The molecule has 0 saturated carbocycles. The lowest BCUT2D eigenvalue weighted by Crippen LogP contribution is -2.23. The van der Waals surface area contributed by atoms with Crippen LogP contribution in [0.15, 0.2) is 65.2 Å². The van der Waals surface area contributed by atoms with Gasteiger partial charge in [-0.25, -0.2) is 12.7 Å². The lowest BCUT2D eigenvalue weighted by molar-refractivity contribution is -0.113. The standard InChI is InChI=1S/C25H31N5O4S2/c1-6-14-30-23(16-34-21-12-9-19(7-2)10-13-21)27-28-25(30)35-17-24(31)26-20-11-8-18(3)22(15-20)36(32,33)29(4)5/h6,8-13,15H,1,7,14,16-17H2,2-5H3,(H,26,31). The Morgan fingerprint density at radius 2 is 1.92 bits per heavy atom. The van der Waals surface area contributed by atoms with Crippen LogP contribution in [0.1, 0.15) is 23.9 Å². The van der Waals surface area contributed by atoms with Gasteiger partial charge in [0.2, 0.25) is 15.9 Å². The molecule has 0 unspecified atom stereocenters. The molecular weight excluding hydrogens is 498 g/mol. The van der Waals surface area contributed by atoms with Crippen LogP contribution in [0.25, 0.3) is 0 Å². The van der Waals surface area contributed by atoms with Gasteiger partial charge in [-0.3, -0.25) is 9.36 Å². The Hall–Kier alpha value is -3.15. The molecule has 3 aromatic rings. The summed E-state index contributed by atoms with van der Waals surface area (Å²) in [4.78, 5) is 12.8. The Labute approximate surface area is 216 Å². The number of nitrogens with one attached hydrogen (secondary N) is 1. The first-order valence-electron chi connectivity index (χ1n) is 11.4. The Balaban J connectivity index is 1.65. The largest absolute Gasteiger partial charge is 0.486 e. The fourth-order valence-corrected chi connectivity index (χ4v) is 5.20. The van der Waals surface area contributed by atoms with Crippen molar-refractivity contribution in [3.05, 3.63) is 72.1 Å². The van der Waals surface area contributed by atoms with Crippen molar-refractivity contribution < 1.29 is 17.9 Å². The predicted molar refractivity (Wildman–Crippen MR) is 142 cm³/mol. The van der Waals surface area contributed by atoms with Gasteiger partial charge in [0.25, 0.3) is 0 Å². The Morgan fingerprint density at radius 1 is 1.19 bits per heavy atom. The molecule has 11 heteroatoms. The highest BCUT2D eigenvalue weighted by Crippen LogP contribution is 2.24. The molecule has 192 valence electrons. The summed E-state index contributed by atoms with van der Waals surface area (Å²) in [7, 11) is -0.686. The van der Waals surface area contributed by atoms with E-state index in [2.05, 4.69) is 29.0 Å². The number of benzene rings is 2. The van der Waals surface area contributed by atoms with Gasteiger partial charge in [0, 0.05) is 26.3 Å². The van der Waals surface area contributed by atoms with E-state index in [4.69, 9.17) is 4.74 Å². The monoisotopic (exact) mass is 529 g/mol. The molecule has 1 N–H and O–H groups in total. The number of anilines is 1. The molecule has 1 amide bonds. The van der Waals surface area contributed by atoms with E-state index in [-0.39, 0.29) is 23.2 Å². The summed E-state index contributed by atoms with van der Waals surface area (Å²) in [6, 6.07) is 12.7. The first kappa shape index (κ1) is 27.4. The van der Waals surface area contributed by atoms with Crippen LogP contribution in [0.3, 0.4) is 0 Å². The fourth-order valence-electron chi connectivity index (χ4n) is 3.29. The normalized spacial score (nSPS) is 11.5. The molecule has 0 fully saturated rings. The van der Waals surface area contributed by atoms with Crippen LogP contribution in [0.4, 0.5) is 5.69 Å². The number of sulfonamides is 1. The summed E-state index contributed by atoms with van der Waals surface area (Å²) in [5.74, 6) is 1.13. The minimum Gasteiger partial charge on any atom is -0.486 e. The van der Waals surface area contributed by atoms with Crippen molar-refractivity contribution in [1.29, 1.82) is 0 Å². The van der Waals surface area contributed by atoms with Crippen molar-refractivity contribution in [2.45, 2.75) is 43.5 Å². The highest BCUT2D eigenvalue weighted by atomic mass is 32.2. The Kier molecular flexibility index (Phi) is 9.30. The molecule has 2 aromatic carbocycles. The number of amides is 1. The second-order valence-corrected chi connectivity index (χ2v) is 11.3. The molecule has 9 nitrogen and oxygen atoms in total. The maximum absolute atomic E-state index is 12.6. The van der Waals surface area contributed by atoms with E-state index in [0.29, 0.717) is 28.8 Å². The molecule has 0 spiro atoms. The summed E-state index contributed by atoms with van der Waals surface area (Å²) in [6.07, 6.45) is 2.69. The van der Waals surface area contributed by atoms with Crippen LogP contribution in [0.2, 0.25) is 0 Å². The van der Waals surface area contributed by atoms with Gasteiger partial charge in [-0.05, 0) is 48.7 Å².